The largest absolute Gasteiger partial charge is 0.475 e. The molecule has 0 aliphatic rings. The molecule has 0 saturated heterocycles. The molecule has 0 aromatic carbocycles. The molecule has 0 amide bonds. The highest BCUT2D eigenvalue weighted by molar-refractivity contribution is 9.10. The van der Waals surface area contributed by atoms with E-state index in [1.165, 1.54) is 0 Å². The van der Waals surface area contributed by atoms with E-state index in [9.17, 15) is 14.4 Å². The maximum Gasteiger partial charge on any atom is 0.373 e. The van der Waals surface area contributed by atoms with Crippen LogP contribution in [0, 0.1) is 0 Å². The number of carbonyl (C=O) groups is 3. The quantitative estimate of drug-likeness (QED) is 0.403. The molecule has 0 heterocycles. The molecule has 4 nitrogen and oxygen atoms in total. The van der Waals surface area contributed by atoms with Crippen LogP contribution >= 0.6 is 15.9 Å². The van der Waals surface area contributed by atoms with Gasteiger partial charge in [0, 0.05) is 0 Å². The summed E-state index contributed by atoms with van der Waals surface area (Å²) in [4.78, 5) is 29.5. The molecule has 0 aromatic rings. The fourth-order valence-electron chi connectivity index (χ4n) is 0.293. The number of ketones is 2. The highest BCUT2D eigenvalue weighted by atomic mass is 79.9. The highest BCUT2D eigenvalue weighted by Crippen LogP contribution is 2.01. The number of hydrogen-bond donors (Lipinski definition) is 1. The van der Waals surface area contributed by atoms with Crippen molar-refractivity contribution in [2.75, 3.05) is 0 Å². The van der Waals surface area contributed by atoms with Gasteiger partial charge in [-0.05, 0) is 6.92 Å². The molecule has 0 saturated carbocycles. The molecule has 0 spiro atoms. The summed E-state index contributed by atoms with van der Waals surface area (Å²) in [7, 11) is 0. The van der Waals surface area contributed by atoms with Gasteiger partial charge < -0.3 is 5.11 Å². The van der Waals surface area contributed by atoms with Crippen molar-refractivity contribution in [3.63, 3.8) is 0 Å². The van der Waals surface area contributed by atoms with Crippen LogP contribution in [0.1, 0.15) is 6.92 Å². The maximum atomic E-state index is 10.4. The number of halogens is 1. The van der Waals surface area contributed by atoms with Gasteiger partial charge in [0.2, 0.25) is 0 Å². The lowest BCUT2D eigenvalue weighted by molar-refractivity contribution is -0.149. The second-order valence-electron chi connectivity index (χ2n) is 1.64. The van der Waals surface area contributed by atoms with Gasteiger partial charge in [0.25, 0.3) is 5.78 Å². The first-order valence-corrected chi connectivity index (χ1v) is 3.30. The first-order valence-electron chi connectivity index (χ1n) is 2.38. The minimum absolute atomic E-state index is 0.507. The summed E-state index contributed by atoms with van der Waals surface area (Å²) in [6.07, 6.45) is 0. The number of hydrogen-bond acceptors (Lipinski definition) is 3. The first-order chi connectivity index (χ1) is 4.46. The van der Waals surface area contributed by atoms with Crippen LogP contribution in [-0.2, 0) is 14.4 Å². The Morgan fingerprint density at radius 1 is 1.40 bits per heavy atom. The van der Waals surface area contributed by atoms with Gasteiger partial charge in [-0.3, -0.25) is 9.59 Å². The zero-order chi connectivity index (χ0) is 8.31. The number of carboxylic acid groups (broad SMARTS) is 1. The third-order valence-electron chi connectivity index (χ3n) is 0.798. The Labute approximate surface area is 65.3 Å². The van der Waals surface area contributed by atoms with Crippen molar-refractivity contribution in [3.8, 4) is 0 Å². The summed E-state index contributed by atoms with van der Waals surface area (Å²) in [5.74, 6) is -3.24. The zero-order valence-corrected chi connectivity index (χ0v) is 6.71. The van der Waals surface area contributed by atoms with Crippen molar-refractivity contribution in [2.24, 2.45) is 0 Å². The molecular formula is C5H5BrO4. The van der Waals surface area contributed by atoms with Crippen LogP contribution in [0.5, 0.6) is 0 Å². The van der Waals surface area contributed by atoms with E-state index in [2.05, 4.69) is 15.9 Å². The van der Waals surface area contributed by atoms with Gasteiger partial charge in [-0.2, -0.15) is 0 Å². The lowest BCUT2D eigenvalue weighted by Gasteiger charge is -1.97. The Morgan fingerprint density at radius 2 is 1.80 bits per heavy atom. The molecule has 0 radical (unpaired) electrons. The average molecular weight is 209 g/mol. The summed E-state index contributed by atoms with van der Waals surface area (Å²) in [6, 6.07) is 0. The van der Waals surface area contributed by atoms with Crippen LogP contribution in [0.2, 0.25) is 0 Å². The second-order valence-corrected chi connectivity index (χ2v) is 2.56. The Hall–Kier alpha value is -0.710. The van der Waals surface area contributed by atoms with Crippen molar-refractivity contribution in [1.29, 1.82) is 0 Å². The molecule has 1 atom stereocenters. The first kappa shape index (κ1) is 9.29. The Balaban J connectivity index is 4.22. The average Bonchev–Trinajstić information content (AvgIpc) is 1.84. The molecule has 1 N–H and O–H groups in total. The monoisotopic (exact) mass is 208 g/mol. The number of carbonyl (C=O) groups excluding carboxylic acids is 2. The highest BCUT2D eigenvalue weighted by Gasteiger charge is 2.25. The fourth-order valence-corrected chi connectivity index (χ4v) is 0.489. The van der Waals surface area contributed by atoms with Crippen LogP contribution in [0.15, 0.2) is 0 Å². The molecular weight excluding hydrogens is 204 g/mol. The Kier molecular flexibility index (Phi) is 3.21. The molecule has 0 rings (SSSR count). The van der Waals surface area contributed by atoms with E-state index in [1.807, 2.05) is 0 Å². The van der Waals surface area contributed by atoms with Crippen LogP contribution in [-0.4, -0.2) is 27.5 Å². The van der Waals surface area contributed by atoms with Crippen molar-refractivity contribution in [3.05, 3.63) is 0 Å². The minimum Gasteiger partial charge on any atom is -0.475 e. The van der Waals surface area contributed by atoms with Gasteiger partial charge in [0.1, 0.15) is 4.83 Å². The standard InChI is InChI=1S/C5H5BrO4/c1-2(7)3(6)4(8)5(9)10/h3H,1H3,(H,9,10). The Morgan fingerprint density at radius 3 is 1.90 bits per heavy atom. The lowest BCUT2D eigenvalue weighted by Crippen LogP contribution is -2.28. The normalized spacial score (nSPS) is 12.2. The lowest BCUT2D eigenvalue weighted by atomic mass is 10.2. The van der Waals surface area contributed by atoms with Crippen LogP contribution in [0.3, 0.4) is 0 Å². The molecule has 0 aromatic heterocycles. The summed E-state index contributed by atoms with van der Waals surface area (Å²) in [5.41, 5.74) is 0. The van der Waals surface area contributed by atoms with Crippen LogP contribution in [0.25, 0.3) is 0 Å². The van der Waals surface area contributed by atoms with Gasteiger partial charge in [-0.1, -0.05) is 15.9 Å². The van der Waals surface area contributed by atoms with E-state index >= 15 is 0 Å². The van der Waals surface area contributed by atoms with Crippen molar-refractivity contribution in [2.45, 2.75) is 11.8 Å². The van der Waals surface area contributed by atoms with Crippen LogP contribution in [0.4, 0.5) is 0 Å². The van der Waals surface area contributed by atoms with Gasteiger partial charge in [-0.15, -0.1) is 0 Å². The third-order valence-corrected chi connectivity index (χ3v) is 1.86. The number of rotatable bonds is 3. The predicted octanol–water partition coefficient (Wildman–Crippen LogP) is -0.00740. The summed E-state index contributed by atoms with van der Waals surface area (Å²) in [6.45, 7) is 1.14. The van der Waals surface area contributed by atoms with E-state index in [0.29, 0.717) is 0 Å². The number of alkyl halides is 1. The summed E-state index contributed by atoms with van der Waals surface area (Å²) in [5, 5.41) is 8.07. The number of Topliss-reactive ketones (excluding diaryl/α,β-unsaturated/α-hetero) is 2. The smallest absolute Gasteiger partial charge is 0.373 e. The predicted molar refractivity (Wildman–Crippen MR) is 36.0 cm³/mol. The molecule has 5 heteroatoms. The van der Waals surface area contributed by atoms with E-state index < -0.39 is 22.4 Å². The van der Waals surface area contributed by atoms with E-state index in [0.717, 1.165) is 6.92 Å². The van der Waals surface area contributed by atoms with Gasteiger partial charge in [0.05, 0.1) is 0 Å². The molecule has 0 bridgehead atoms. The van der Waals surface area contributed by atoms with Crippen LogP contribution < -0.4 is 0 Å². The minimum atomic E-state index is -1.60. The van der Waals surface area contributed by atoms with E-state index in [1.54, 1.807) is 0 Å². The molecule has 10 heavy (non-hydrogen) atoms. The van der Waals surface area contributed by atoms with Crippen molar-refractivity contribution < 1.29 is 19.5 Å². The van der Waals surface area contributed by atoms with E-state index in [4.69, 9.17) is 5.11 Å². The van der Waals surface area contributed by atoms with E-state index in [-0.39, 0.29) is 0 Å². The molecule has 0 aliphatic carbocycles. The summed E-state index contributed by atoms with van der Waals surface area (Å²) < 4.78 is 0. The zero-order valence-electron chi connectivity index (χ0n) is 5.13. The maximum absolute atomic E-state index is 10.4. The number of aliphatic carboxylic acids is 1. The van der Waals surface area contributed by atoms with Crippen molar-refractivity contribution in [1.82, 2.24) is 0 Å². The fraction of sp³-hybridized carbons (Fsp3) is 0.400. The summed E-state index contributed by atoms with van der Waals surface area (Å²) >= 11 is 2.63. The molecule has 56 valence electrons. The van der Waals surface area contributed by atoms with Gasteiger partial charge in [-0.25, -0.2) is 4.79 Å². The third kappa shape index (κ3) is 2.26. The van der Waals surface area contributed by atoms with Gasteiger partial charge >= 0.3 is 5.97 Å². The topological polar surface area (TPSA) is 71.4 Å². The molecule has 1 unspecified atom stereocenters. The second kappa shape index (κ2) is 3.46. The van der Waals surface area contributed by atoms with Gasteiger partial charge in [0.15, 0.2) is 5.78 Å². The Bertz CT molecular complexity index is 186. The SMILES string of the molecule is CC(=O)C(Br)C(=O)C(=O)O. The van der Waals surface area contributed by atoms with Crippen molar-refractivity contribution >= 4 is 33.5 Å². The number of carboxylic acids is 1. The molecule has 0 fully saturated rings. The molecule has 0 aliphatic heterocycles.